The standard InChI is InChI=1S/C27H50N2O3/c1-3-5-7-9-10-11-12-13-14-15-16-17-18-19-20-22-26(31)29-25(24-30)27(32)28-23-21-8-6-4-2/h10-11,13-14,25,30H,3-9,12,15-24H2,1-2H3,(H,28,32)(H,29,31)/b11-10+,14-13+/t25-/m0/s1. The van der Waals surface area contributed by atoms with Crippen molar-refractivity contribution >= 4 is 11.8 Å². The van der Waals surface area contributed by atoms with Gasteiger partial charge in [-0.25, -0.2) is 0 Å². The van der Waals surface area contributed by atoms with Gasteiger partial charge in [-0.2, -0.15) is 0 Å². The zero-order valence-electron chi connectivity index (χ0n) is 20.9. The molecule has 0 aromatic rings. The molecule has 0 aromatic carbocycles. The van der Waals surface area contributed by atoms with Crippen LogP contribution in [0, 0.1) is 0 Å². The SMILES string of the molecule is CCCCC/C=C/C/C=C/CCCCCCCC(=O)N[C@@H](CO)C(=O)NCCCCCC. The smallest absolute Gasteiger partial charge is 0.244 e. The van der Waals surface area contributed by atoms with Gasteiger partial charge in [-0.05, 0) is 44.9 Å². The second-order valence-electron chi connectivity index (χ2n) is 8.64. The Balaban J connectivity index is 3.64. The van der Waals surface area contributed by atoms with Crippen LogP contribution in [0.1, 0.15) is 117 Å². The van der Waals surface area contributed by atoms with Gasteiger partial charge in [0.25, 0.3) is 0 Å². The fourth-order valence-corrected chi connectivity index (χ4v) is 3.44. The number of carbonyl (C=O) groups is 2. The molecule has 5 nitrogen and oxygen atoms in total. The van der Waals surface area contributed by atoms with Gasteiger partial charge >= 0.3 is 0 Å². The average molecular weight is 451 g/mol. The van der Waals surface area contributed by atoms with Crippen molar-refractivity contribution in [2.75, 3.05) is 13.2 Å². The monoisotopic (exact) mass is 450 g/mol. The summed E-state index contributed by atoms with van der Waals surface area (Å²) >= 11 is 0. The highest BCUT2D eigenvalue weighted by Crippen LogP contribution is 2.08. The summed E-state index contributed by atoms with van der Waals surface area (Å²) < 4.78 is 0. The summed E-state index contributed by atoms with van der Waals surface area (Å²) in [5, 5.41) is 14.9. The number of allylic oxidation sites excluding steroid dienone is 4. The molecule has 1 atom stereocenters. The molecule has 5 heteroatoms. The van der Waals surface area contributed by atoms with E-state index in [2.05, 4.69) is 48.8 Å². The molecule has 0 saturated heterocycles. The van der Waals surface area contributed by atoms with Crippen molar-refractivity contribution in [3.63, 3.8) is 0 Å². The lowest BCUT2D eigenvalue weighted by atomic mass is 10.1. The number of amides is 2. The summed E-state index contributed by atoms with van der Waals surface area (Å²) in [5.41, 5.74) is 0. The van der Waals surface area contributed by atoms with Crippen molar-refractivity contribution in [1.82, 2.24) is 10.6 Å². The number of rotatable bonds is 22. The molecule has 0 fully saturated rings. The number of aliphatic hydroxyl groups is 1. The zero-order valence-corrected chi connectivity index (χ0v) is 20.9. The lowest BCUT2D eigenvalue weighted by Crippen LogP contribution is -2.49. The van der Waals surface area contributed by atoms with Crippen LogP contribution in [0.15, 0.2) is 24.3 Å². The van der Waals surface area contributed by atoms with E-state index in [1.807, 2.05) is 0 Å². The lowest BCUT2D eigenvalue weighted by Gasteiger charge is -2.16. The average Bonchev–Trinajstić information content (AvgIpc) is 2.79. The highest BCUT2D eigenvalue weighted by atomic mass is 16.3. The van der Waals surface area contributed by atoms with Crippen LogP contribution in [-0.4, -0.2) is 36.1 Å². The van der Waals surface area contributed by atoms with E-state index in [0.29, 0.717) is 13.0 Å². The summed E-state index contributed by atoms with van der Waals surface area (Å²) in [6.07, 6.45) is 26.4. The van der Waals surface area contributed by atoms with Crippen LogP contribution in [0.5, 0.6) is 0 Å². The second-order valence-corrected chi connectivity index (χ2v) is 8.64. The van der Waals surface area contributed by atoms with Crippen molar-refractivity contribution in [2.24, 2.45) is 0 Å². The Bertz CT molecular complexity index is 503. The third-order valence-electron chi connectivity index (χ3n) is 5.52. The molecule has 0 aliphatic heterocycles. The first-order valence-corrected chi connectivity index (χ1v) is 13.1. The van der Waals surface area contributed by atoms with Gasteiger partial charge in [-0.3, -0.25) is 9.59 Å². The molecule has 0 rings (SSSR count). The van der Waals surface area contributed by atoms with Crippen molar-refractivity contribution < 1.29 is 14.7 Å². The largest absolute Gasteiger partial charge is 0.394 e. The number of carbonyl (C=O) groups excluding carboxylic acids is 2. The highest BCUT2D eigenvalue weighted by Gasteiger charge is 2.18. The van der Waals surface area contributed by atoms with E-state index in [1.54, 1.807) is 0 Å². The molecule has 0 heterocycles. The molecule has 0 radical (unpaired) electrons. The van der Waals surface area contributed by atoms with Gasteiger partial charge in [0, 0.05) is 13.0 Å². The Hall–Kier alpha value is -1.62. The third-order valence-corrected chi connectivity index (χ3v) is 5.52. The first-order chi connectivity index (χ1) is 15.7. The van der Waals surface area contributed by atoms with Gasteiger partial charge in [0.05, 0.1) is 6.61 Å². The summed E-state index contributed by atoms with van der Waals surface area (Å²) in [4.78, 5) is 24.1. The van der Waals surface area contributed by atoms with Gasteiger partial charge in [-0.15, -0.1) is 0 Å². The molecule has 0 aromatic heterocycles. The van der Waals surface area contributed by atoms with Crippen LogP contribution in [0.2, 0.25) is 0 Å². The maximum absolute atomic E-state index is 12.1. The number of nitrogens with one attached hydrogen (secondary N) is 2. The summed E-state index contributed by atoms with van der Waals surface area (Å²) in [5.74, 6) is -0.451. The minimum atomic E-state index is -0.841. The fourth-order valence-electron chi connectivity index (χ4n) is 3.44. The van der Waals surface area contributed by atoms with Gasteiger partial charge in [0.1, 0.15) is 6.04 Å². The fraction of sp³-hybridized carbons (Fsp3) is 0.778. The zero-order chi connectivity index (χ0) is 23.7. The van der Waals surface area contributed by atoms with Crippen molar-refractivity contribution in [3.05, 3.63) is 24.3 Å². The molecule has 0 spiro atoms. The predicted molar refractivity (Wildman–Crippen MR) is 136 cm³/mol. The summed E-state index contributed by atoms with van der Waals surface area (Å²) in [6.45, 7) is 4.60. The Labute approximate surface area is 197 Å². The molecular weight excluding hydrogens is 400 g/mol. The minimum absolute atomic E-state index is 0.157. The van der Waals surface area contributed by atoms with Crippen molar-refractivity contribution in [3.8, 4) is 0 Å². The topological polar surface area (TPSA) is 78.4 Å². The molecule has 186 valence electrons. The van der Waals surface area contributed by atoms with Crippen molar-refractivity contribution in [2.45, 2.75) is 123 Å². The molecule has 3 N–H and O–H groups in total. The molecule has 32 heavy (non-hydrogen) atoms. The van der Waals surface area contributed by atoms with Crippen LogP contribution < -0.4 is 10.6 Å². The van der Waals surface area contributed by atoms with E-state index < -0.39 is 6.04 Å². The second kappa shape index (κ2) is 24.0. The minimum Gasteiger partial charge on any atom is -0.394 e. The summed E-state index contributed by atoms with van der Waals surface area (Å²) in [7, 11) is 0. The predicted octanol–water partition coefficient (Wildman–Crippen LogP) is 5.97. The van der Waals surface area contributed by atoms with Gasteiger partial charge in [-0.1, -0.05) is 89.5 Å². The Morgan fingerprint density at radius 1 is 0.750 bits per heavy atom. The number of hydrogen-bond acceptors (Lipinski definition) is 3. The molecule has 2 amide bonds. The van der Waals surface area contributed by atoms with E-state index in [4.69, 9.17) is 0 Å². The maximum Gasteiger partial charge on any atom is 0.244 e. The van der Waals surface area contributed by atoms with Gasteiger partial charge in [0.15, 0.2) is 0 Å². The maximum atomic E-state index is 12.1. The van der Waals surface area contributed by atoms with Crippen LogP contribution in [-0.2, 0) is 9.59 Å². The summed E-state index contributed by atoms with van der Waals surface area (Å²) in [6, 6.07) is -0.841. The number of unbranched alkanes of at least 4 members (excludes halogenated alkanes) is 11. The molecule has 0 unspecified atom stereocenters. The first kappa shape index (κ1) is 30.4. The molecule has 0 aliphatic carbocycles. The Morgan fingerprint density at radius 3 is 1.97 bits per heavy atom. The van der Waals surface area contributed by atoms with Crippen molar-refractivity contribution in [1.29, 1.82) is 0 Å². The molecular formula is C27H50N2O3. The van der Waals surface area contributed by atoms with Gasteiger partial charge < -0.3 is 15.7 Å². The number of hydrogen-bond donors (Lipinski definition) is 3. The normalized spacial score (nSPS) is 12.5. The molecule has 0 saturated carbocycles. The van der Waals surface area contributed by atoms with E-state index in [1.165, 1.54) is 38.5 Å². The third kappa shape index (κ3) is 20.3. The molecule has 0 aliphatic rings. The lowest BCUT2D eigenvalue weighted by molar-refractivity contribution is -0.130. The Morgan fingerprint density at radius 2 is 1.31 bits per heavy atom. The first-order valence-electron chi connectivity index (χ1n) is 13.1. The Kier molecular flexibility index (Phi) is 22.8. The van der Waals surface area contributed by atoms with Crippen LogP contribution in [0.25, 0.3) is 0 Å². The van der Waals surface area contributed by atoms with E-state index in [-0.39, 0.29) is 18.4 Å². The van der Waals surface area contributed by atoms with Crippen LogP contribution >= 0.6 is 0 Å². The van der Waals surface area contributed by atoms with E-state index in [9.17, 15) is 14.7 Å². The highest BCUT2D eigenvalue weighted by molar-refractivity contribution is 5.87. The number of aliphatic hydroxyl groups excluding tert-OH is 1. The van der Waals surface area contributed by atoms with Gasteiger partial charge in [0.2, 0.25) is 11.8 Å². The molecule has 0 bridgehead atoms. The quantitative estimate of drug-likeness (QED) is 0.140. The van der Waals surface area contributed by atoms with E-state index in [0.717, 1.165) is 57.8 Å². The van der Waals surface area contributed by atoms with E-state index >= 15 is 0 Å². The van der Waals surface area contributed by atoms with Crippen LogP contribution in [0.4, 0.5) is 0 Å². The van der Waals surface area contributed by atoms with Crippen LogP contribution in [0.3, 0.4) is 0 Å².